The minimum absolute atomic E-state index is 0.0299. The summed E-state index contributed by atoms with van der Waals surface area (Å²) in [5, 5.41) is 0. The lowest BCUT2D eigenvalue weighted by atomic mass is 10.2. The maximum absolute atomic E-state index is 12.4. The minimum atomic E-state index is -0.506. The average molecular weight is 405 g/mol. The fraction of sp³-hybridized carbons (Fsp3) is 0.550. The maximum atomic E-state index is 12.4. The minimum Gasteiger partial charge on any atom is -0.497 e. The molecule has 0 saturated carbocycles. The average Bonchev–Trinajstić information content (AvgIpc) is 2.79. The maximum Gasteiger partial charge on any atom is 0.312 e. The Balaban J connectivity index is 1.39. The molecule has 29 heavy (non-hydrogen) atoms. The van der Waals surface area contributed by atoms with Gasteiger partial charge in [0.05, 0.1) is 26.9 Å². The molecule has 0 bridgehead atoms. The molecule has 2 aliphatic rings. The van der Waals surface area contributed by atoms with Crippen LogP contribution in [0.3, 0.4) is 0 Å². The molecule has 2 heterocycles. The van der Waals surface area contributed by atoms with Gasteiger partial charge in [-0.05, 0) is 17.7 Å². The van der Waals surface area contributed by atoms with E-state index >= 15 is 0 Å². The standard InChI is InChI=1S/C20H27N3O6/c1-27-17-4-2-3-16(13-17)14-29-15-18(24)21-5-7-22(8-6-21)19(25)20(26)23-9-11-28-12-10-23/h2-4,13H,5-12,14-15H2,1H3. The molecule has 1 aromatic rings. The molecule has 0 aliphatic carbocycles. The van der Waals surface area contributed by atoms with Crippen LogP contribution in [0.1, 0.15) is 5.56 Å². The number of piperazine rings is 1. The topological polar surface area (TPSA) is 88.6 Å². The molecule has 0 atom stereocenters. The van der Waals surface area contributed by atoms with Crippen molar-refractivity contribution in [3.8, 4) is 5.75 Å². The Hall–Kier alpha value is -2.65. The van der Waals surface area contributed by atoms with Gasteiger partial charge >= 0.3 is 11.8 Å². The molecule has 9 nitrogen and oxygen atoms in total. The van der Waals surface area contributed by atoms with Crippen LogP contribution in [-0.4, -0.2) is 98.6 Å². The first-order chi connectivity index (χ1) is 14.1. The highest BCUT2D eigenvalue weighted by Gasteiger charge is 2.31. The van der Waals surface area contributed by atoms with Crippen LogP contribution < -0.4 is 4.74 Å². The number of nitrogens with zero attached hydrogens (tertiary/aromatic N) is 3. The second-order valence-corrected chi connectivity index (χ2v) is 6.92. The Morgan fingerprint density at radius 1 is 0.931 bits per heavy atom. The third kappa shape index (κ3) is 5.68. The molecule has 158 valence electrons. The number of rotatable bonds is 5. The molecule has 0 aromatic heterocycles. The largest absolute Gasteiger partial charge is 0.497 e. The monoisotopic (exact) mass is 405 g/mol. The fourth-order valence-corrected chi connectivity index (χ4v) is 3.31. The molecular formula is C20H27N3O6. The van der Waals surface area contributed by atoms with Gasteiger partial charge in [-0.1, -0.05) is 12.1 Å². The lowest BCUT2D eigenvalue weighted by molar-refractivity contribution is -0.156. The van der Waals surface area contributed by atoms with Crippen molar-refractivity contribution in [1.82, 2.24) is 14.7 Å². The van der Waals surface area contributed by atoms with Gasteiger partial charge in [0.15, 0.2) is 0 Å². The van der Waals surface area contributed by atoms with E-state index in [1.165, 1.54) is 9.80 Å². The number of carbonyl (C=O) groups excluding carboxylic acids is 3. The molecule has 3 amide bonds. The van der Waals surface area contributed by atoms with Gasteiger partial charge in [-0.25, -0.2) is 0 Å². The Morgan fingerprint density at radius 2 is 1.55 bits per heavy atom. The lowest BCUT2D eigenvalue weighted by Gasteiger charge is -2.35. The highest BCUT2D eigenvalue weighted by molar-refractivity contribution is 6.34. The van der Waals surface area contributed by atoms with E-state index in [2.05, 4.69) is 0 Å². The van der Waals surface area contributed by atoms with E-state index in [0.29, 0.717) is 59.1 Å². The van der Waals surface area contributed by atoms with Gasteiger partial charge in [-0.2, -0.15) is 0 Å². The van der Waals surface area contributed by atoms with Gasteiger partial charge in [-0.3, -0.25) is 14.4 Å². The predicted molar refractivity (Wildman–Crippen MR) is 103 cm³/mol. The molecule has 2 aliphatic heterocycles. The second-order valence-electron chi connectivity index (χ2n) is 6.92. The van der Waals surface area contributed by atoms with Gasteiger partial charge in [0, 0.05) is 39.3 Å². The van der Waals surface area contributed by atoms with Crippen molar-refractivity contribution < 1.29 is 28.6 Å². The Bertz CT molecular complexity index is 727. The first-order valence-electron chi connectivity index (χ1n) is 9.73. The molecular weight excluding hydrogens is 378 g/mol. The molecule has 1 aromatic carbocycles. The van der Waals surface area contributed by atoms with Crippen LogP contribution >= 0.6 is 0 Å². The van der Waals surface area contributed by atoms with Gasteiger partial charge in [-0.15, -0.1) is 0 Å². The highest BCUT2D eigenvalue weighted by Crippen LogP contribution is 2.13. The number of ether oxygens (including phenoxy) is 3. The van der Waals surface area contributed by atoms with Crippen molar-refractivity contribution >= 4 is 17.7 Å². The van der Waals surface area contributed by atoms with E-state index in [4.69, 9.17) is 14.2 Å². The third-order valence-corrected chi connectivity index (χ3v) is 5.03. The first-order valence-corrected chi connectivity index (χ1v) is 9.73. The van der Waals surface area contributed by atoms with Crippen LogP contribution in [0.4, 0.5) is 0 Å². The lowest BCUT2D eigenvalue weighted by Crippen LogP contribution is -2.55. The van der Waals surface area contributed by atoms with Crippen molar-refractivity contribution in [3.63, 3.8) is 0 Å². The number of hydrogen-bond acceptors (Lipinski definition) is 6. The molecule has 0 spiro atoms. The van der Waals surface area contributed by atoms with E-state index in [-0.39, 0.29) is 12.5 Å². The molecule has 2 saturated heterocycles. The number of morpholine rings is 1. The van der Waals surface area contributed by atoms with E-state index in [9.17, 15) is 14.4 Å². The SMILES string of the molecule is COc1cccc(COCC(=O)N2CCN(C(=O)C(=O)N3CCOCC3)CC2)c1. The van der Waals surface area contributed by atoms with Crippen molar-refractivity contribution in [1.29, 1.82) is 0 Å². The quantitative estimate of drug-likeness (QED) is 0.628. The van der Waals surface area contributed by atoms with Crippen molar-refractivity contribution in [3.05, 3.63) is 29.8 Å². The summed E-state index contributed by atoms with van der Waals surface area (Å²) in [5.41, 5.74) is 0.925. The third-order valence-electron chi connectivity index (χ3n) is 5.03. The zero-order chi connectivity index (χ0) is 20.6. The summed E-state index contributed by atoms with van der Waals surface area (Å²) in [6.07, 6.45) is 0. The second kappa shape index (κ2) is 10.2. The van der Waals surface area contributed by atoms with Crippen molar-refractivity contribution in [2.24, 2.45) is 0 Å². The van der Waals surface area contributed by atoms with Gasteiger partial charge in [0.2, 0.25) is 5.91 Å². The van der Waals surface area contributed by atoms with E-state index in [1.54, 1.807) is 12.0 Å². The number of amides is 3. The zero-order valence-electron chi connectivity index (χ0n) is 16.7. The van der Waals surface area contributed by atoms with E-state index in [0.717, 1.165) is 11.3 Å². The molecule has 0 radical (unpaired) electrons. The fourth-order valence-electron chi connectivity index (χ4n) is 3.31. The molecule has 9 heteroatoms. The van der Waals surface area contributed by atoms with Crippen LogP contribution in [-0.2, 0) is 30.5 Å². The number of hydrogen-bond donors (Lipinski definition) is 0. The summed E-state index contributed by atoms with van der Waals surface area (Å²) in [7, 11) is 1.60. The van der Waals surface area contributed by atoms with E-state index < -0.39 is 11.8 Å². The van der Waals surface area contributed by atoms with Crippen LogP contribution in [0, 0.1) is 0 Å². The van der Waals surface area contributed by atoms with Crippen LogP contribution in [0.15, 0.2) is 24.3 Å². The van der Waals surface area contributed by atoms with Gasteiger partial charge < -0.3 is 28.9 Å². The molecule has 0 N–H and O–H groups in total. The summed E-state index contributed by atoms with van der Waals surface area (Å²) >= 11 is 0. The van der Waals surface area contributed by atoms with Gasteiger partial charge in [0.1, 0.15) is 12.4 Å². The zero-order valence-corrected chi connectivity index (χ0v) is 16.7. The van der Waals surface area contributed by atoms with Crippen molar-refractivity contribution in [2.75, 3.05) is 66.2 Å². The number of carbonyl (C=O) groups is 3. The molecule has 2 fully saturated rings. The highest BCUT2D eigenvalue weighted by atomic mass is 16.5. The van der Waals surface area contributed by atoms with Crippen LogP contribution in [0.25, 0.3) is 0 Å². The summed E-state index contributed by atoms with van der Waals surface area (Å²) < 4.78 is 15.9. The number of methoxy groups -OCH3 is 1. The van der Waals surface area contributed by atoms with Gasteiger partial charge in [0.25, 0.3) is 0 Å². The Kier molecular flexibility index (Phi) is 7.42. The molecule has 0 unspecified atom stereocenters. The summed E-state index contributed by atoms with van der Waals surface area (Å²) in [6.45, 7) is 3.54. The van der Waals surface area contributed by atoms with Crippen LogP contribution in [0.2, 0.25) is 0 Å². The Labute approximate surface area is 170 Å². The van der Waals surface area contributed by atoms with E-state index in [1.807, 2.05) is 24.3 Å². The summed E-state index contributed by atoms with van der Waals surface area (Å²) in [6, 6.07) is 7.48. The summed E-state index contributed by atoms with van der Waals surface area (Å²) in [4.78, 5) is 41.8. The molecule has 3 rings (SSSR count). The number of benzene rings is 1. The Morgan fingerprint density at radius 3 is 2.21 bits per heavy atom. The smallest absolute Gasteiger partial charge is 0.312 e. The normalized spacial score (nSPS) is 17.2. The van der Waals surface area contributed by atoms with Crippen molar-refractivity contribution in [2.45, 2.75) is 6.61 Å². The first kappa shape index (κ1) is 21.1. The summed E-state index contributed by atoms with van der Waals surface area (Å²) in [5.74, 6) is -0.382. The van der Waals surface area contributed by atoms with Crippen LogP contribution in [0.5, 0.6) is 5.75 Å². The predicted octanol–water partition coefficient (Wildman–Crippen LogP) is -0.259.